The highest BCUT2D eigenvalue weighted by atomic mass is 19.1. The van der Waals surface area contributed by atoms with Crippen LogP contribution in [0.4, 0.5) is 10.1 Å². The highest BCUT2D eigenvalue weighted by Gasteiger charge is 2.16. The molecule has 0 aliphatic heterocycles. The zero-order valence-electron chi connectivity index (χ0n) is 17.0. The van der Waals surface area contributed by atoms with Crippen LogP contribution in [-0.4, -0.2) is 28.3 Å². The summed E-state index contributed by atoms with van der Waals surface area (Å²) in [5, 5.41) is 7.23. The Balaban J connectivity index is 1.59. The number of carbonyl (C=O) groups is 2. The molecule has 0 atom stereocenters. The fourth-order valence-electron chi connectivity index (χ4n) is 2.86. The summed E-state index contributed by atoms with van der Waals surface area (Å²) in [5.74, 6) is -1.49. The van der Waals surface area contributed by atoms with Crippen LogP contribution in [0.2, 0.25) is 0 Å². The molecule has 0 saturated carbocycles. The van der Waals surface area contributed by atoms with Crippen molar-refractivity contribution in [1.82, 2.24) is 9.78 Å². The first-order chi connectivity index (χ1) is 14.3. The summed E-state index contributed by atoms with van der Waals surface area (Å²) in [6.07, 6.45) is 2.67. The van der Waals surface area contributed by atoms with Crippen molar-refractivity contribution in [2.24, 2.45) is 0 Å². The Bertz CT molecular complexity index is 1080. The second-order valence-corrected chi connectivity index (χ2v) is 6.83. The topological polar surface area (TPSA) is 73.2 Å². The Hall–Kier alpha value is -3.74. The maximum absolute atomic E-state index is 12.9. The molecule has 0 aliphatic rings. The molecular formula is C23H22FN3O3. The molecule has 1 heterocycles. The summed E-state index contributed by atoms with van der Waals surface area (Å²) in [4.78, 5) is 24.0. The van der Waals surface area contributed by atoms with Gasteiger partial charge in [-0.15, -0.1) is 0 Å². The van der Waals surface area contributed by atoms with Crippen LogP contribution in [-0.2, 0) is 14.3 Å². The van der Waals surface area contributed by atoms with Crippen LogP contribution in [0.1, 0.15) is 22.5 Å². The van der Waals surface area contributed by atoms with E-state index >= 15 is 0 Å². The molecule has 0 bridgehead atoms. The number of aromatic nitrogens is 2. The third kappa shape index (κ3) is 5.20. The maximum Gasteiger partial charge on any atom is 0.331 e. The number of carbonyl (C=O) groups excluding carboxylic acids is 2. The van der Waals surface area contributed by atoms with Gasteiger partial charge >= 0.3 is 5.97 Å². The zero-order valence-corrected chi connectivity index (χ0v) is 17.0. The summed E-state index contributed by atoms with van der Waals surface area (Å²) < 4.78 is 19.6. The first-order valence-electron chi connectivity index (χ1n) is 9.37. The average molecular weight is 407 g/mol. The van der Waals surface area contributed by atoms with Gasteiger partial charge in [0.05, 0.1) is 22.8 Å². The molecule has 0 aliphatic carbocycles. The Labute approximate surface area is 174 Å². The molecule has 3 rings (SSSR count). The molecule has 0 radical (unpaired) electrons. The molecule has 0 unspecified atom stereocenters. The molecule has 0 saturated heterocycles. The number of nitrogens with zero attached hydrogens (tertiary/aromatic N) is 2. The van der Waals surface area contributed by atoms with Crippen molar-refractivity contribution in [3.8, 4) is 5.69 Å². The van der Waals surface area contributed by atoms with Gasteiger partial charge in [-0.05, 0) is 56.7 Å². The lowest BCUT2D eigenvalue weighted by atomic mass is 10.2. The van der Waals surface area contributed by atoms with Crippen molar-refractivity contribution >= 4 is 23.6 Å². The lowest BCUT2D eigenvalue weighted by Gasteiger charge is -2.07. The van der Waals surface area contributed by atoms with Gasteiger partial charge in [0, 0.05) is 6.08 Å². The van der Waals surface area contributed by atoms with Crippen LogP contribution >= 0.6 is 0 Å². The van der Waals surface area contributed by atoms with Crippen LogP contribution in [0.25, 0.3) is 11.8 Å². The number of esters is 1. The second kappa shape index (κ2) is 9.17. The number of anilines is 1. The van der Waals surface area contributed by atoms with Gasteiger partial charge in [0.15, 0.2) is 6.61 Å². The van der Waals surface area contributed by atoms with Crippen molar-refractivity contribution in [1.29, 1.82) is 0 Å². The van der Waals surface area contributed by atoms with Crippen molar-refractivity contribution in [3.05, 3.63) is 82.9 Å². The van der Waals surface area contributed by atoms with E-state index in [9.17, 15) is 14.0 Å². The Morgan fingerprint density at radius 3 is 2.40 bits per heavy atom. The third-order valence-corrected chi connectivity index (χ3v) is 4.46. The lowest BCUT2D eigenvalue weighted by molar-refractivity contribution is -0.142. The maximum atomic E-state index is 12.9. The van der Waals surface area contributed by atoms with E-state index in [0.29, 0.717) is 16.9 Å². The van der Waals surface area contributed by atoms with E-state index in [2.05, 4.69) is 10.4 Å². The highest BCUT2D eigenvalue weighted by Crippen LogP contribution is 2.23. The molecule has 1 N–H and O–H groups in total. The van der Waals surface area contributed by atoms with Gasteiger partial charge in [-0.25, -0.2) is 13.9 Å². The van der Waals surface area contributed by atoms with E-state index in [1.165, 1.54) is 36.4 Å². The summed E-state index contributed by atoms with van der Waals surface area (Å²) in [5.41, 5.74) is 4.69. The van der Waals surface area contributed by atoms with Gasteiger partial charge in [0.1, 0.15) is 5.82 Å². The summed E-state index contributed by atoms with van der Waals surface area (Å²) in [6, 6.07) is 13.5. The van der Waals surface area contributed by atoms with E-state index in [-0.39, 0.29) is 5.82 Å². The summed E-state index contributed by atoms with van der Waals surface area (Å²) in [7, 11) is 0. The second-order valence-electron chi connectivity index (χ2n) is 6.83. The molecule has 0 fully saturated rings. The molecule has 6 nitrogen and oxygen atoms in total. The van der Waals surface area contributed by atoms with E-state index in [1.807, 2.05) is 38.1 Å². The molecule has 3 aromatic rings. The van der Waals surface area contributed by atoms with Gasteiger partial charge in [-0.2, -0.15) is 5.10 Å². The number of rotatable bonds is 6. The van der Waals surface area contributed by atoms with Crippen molar-refractivity contribution in [3.63, 3.8) is 0 Å². The fourth-order valence-corrected chi connectivity index (χ4v) is 2.86. The van der Waals surface area contributed by atoms with Crippen molar-refractivity contribution in [2.75, 3.05) is 11.9 Å². The Morgan fingerprint density at radius 2 is 1.73 bits per heavy atom. The minimum Gasteiger partial charge on any atom is -0.452 e. The largest absolute Gasteiger partial charge is 0.452 e. The number of nitrogens with one attached hydrogen (secondary N) is 1. The smallest absolute Gasteiger partial charge is 0.331 e. The fraction of sp³-hybridized carbons (Fsp3) is 0.174. The Kier molecular flexibility index (Phi) is 6.41. The molecular weight excluding hydrogens is 385 g/mol. The van der Waals surface area contributed by atoms with Crippen molar-refractivity contribution in [2.45, 2.75) is 20.8 Å². The lowest BCUT2D eigenvalue weighted by Crippen LogP contribution is -2.20. The van der Waals surface area contributed by atoms with Crippen LogP contribution in [0.5, 0.6) is 0 Å². The molecule has 154 valence electrons. The SMILES string of the molecule is Cc1ccc(-n2nc(C)c(NC(=O)COC(=O)/C=C/c3ccc(F)cc3)c2C)cc1. The quantitative estimate of drug-likeness (QED) is 0.493. The molecule has 1 aromatic heterocycles. The minimum atomic E-state index is -0.668. The first-order valence-corrected chi connectivity index (χ1v) is 9.37. The molecule has 7 heteroatoms. The number of amides is 1. The number of ether oxygens (including phenoxy) is 1. The third-order valence-electron chi connectivity index (χ3n) is 4.46. The van der Waals surface area contributed by atoms with E-state index in [1.54, 1.807) is 11.6 Å². The van der Waals surface area contributed by atoms with Gasteiger partial charge in [0.2, 0.25) is 0 Å². The zero-order chi connectivity index (χ0) is 21.7. The molecule has 2 aromatic carbocycles. The van der Waals surface area contributed by atoms with Crippen LogP contribution < -0.4 is 5.32 Å². The monoisotopic (exact) mass is 407 g/mol. The predicted octanol–water partition coefficient (Wildman–Crippen LogP) is 4.13. The predicted molar refractivity (Wildman–Crippen MR) is 113 cm³/mol. The highest BCUT2D eigenvalue weighted by molar-refractivity contribution is 5.95. The van der Waals surface area contributed by atoms with E-state index < -0.39 is 18.5 Å². The number of hydrogen-bond donors (Lipinski definition) is 1. The van der Waals surface area contributed by atoms with Gasteiger partial charge in [0.25, 0.3) is 5.91 Å². The van der Waals surface area contributed by atoms with Crippen LogP contribution in [0.3, 0.4) is 0 Å². The number of hydrogen-bond acceptors (Lipinski definition) is 4. The normalized spacial score (nSPS) is 10.9. The molecule has 1 amide bonds. The van der Waals surface area contributed by atoms with E-state index in [0.717, 1.165) is 16.9 Å². The van der Waals surface area contributed by atoms with Crippen LogP contribution in [0, 0.1) is 26.6 Å². The average Bonchev–Trinajstić information content (AvgIpc) is 3.00. The summed E-state index contributed by atoms with van der Waals surface area (Å²) in [6.45, 7) is 5.23. The minimum absolute atomic E-state index is 0.359. The van der Waals surface area contributed by atoms with Crippen LogP contribution in [0.15, 0.2) is 54.6 Å². The van der Waals surface area contributed by atoms with E-state index in [4.69, 9.17) is 4.74 Å². The number of aryl methyl sites for hydroxylation is 2. The Morgan fingerprint density at radius 1 is 1.07 bits per heavy atom. The first kappa shape index (κ1) is 21.0. The van der Waals surface area contributed by atoms with Gasteiger partial charge in [-0.3, -0.25) is 4.79 Å². The number of benzene rings is 2. The molecule has 0 spiro atoms. The standard InChI is InChI=1S/C23H22FN3O3/c1-15-4-11-20(12-5-15)27-17(3)23(16(2)26-27)25-21(28)14-30-22(29)13-8-18-6-9-19(24)10-7-18/h4-13H,14H2,1-3H3,(H,25,28)/b13-8+. The van der Waals surface area contributed by atoms with Crippen molar-refractivity contribution < 1.29 is 18.7 Å². The summed E-state index contributed by atoms with van der Waals surface area (Å²) >= 11 is 0. The molecule has 30 heavy (non-hydrogen) atoms. The van der Waals surface area contributed by atoms with Gasteiger partial charge < -0.3 is 10.1 Å². The van der Waals surface area contributed by atoms with Gasteiger partial charge in [-0.1, -0.05) is 29.8 Å². The number of halogens is 1.